The van der Waals surface area contributed by atoms with Gasteiger partial charge in [0, 0.05) is 18.8 Å². The summed E-state index contributed by atoms with van der Waals surface area (Å²) in [6.07, 6.45) is 6.53. The average molecular weight is 419 g/mol. The van der Waals surface area contributed by atoms with E-state index in [9.17, 15) is 14.0 Å². The van der Waals surface area contributed by atoms with Gasteiger partial charge in [-0.15, -0.1) is 0 Å². The van der Waals surface area contributed by atoms with Crippen LogP contribution in [0.3, 0.4) is 0 Å². The number of hydrogen-bond acceptors (Lipinski definition) is 2. The molecule has 164 valence electrons. The third kappa shape index (κ3) is 5.58. The first-order chi connectivity index (χ1) is 14.6. The highest BCUT2D eigenvalue weighted by molar-refractivity contribution is 5.91. The van der Waals surface area contributed by atoms with Crippen LogP contribution in [0.15, 0.2) is 24.3 Å². The lowest BCUT2D eigenvalue weighted by atomic mass is 9.75. The van der Waals surface area contributed by atoms with Gasteiger partial charge in [0.05, 0.1) is 0 Å². The fourth-order valence-electron chi connectivity index (χ4n) is 5.46. The van der Waals surface area contributed by atoms with Crippen LogP contribution < -0.4 is 15.1 Å². The maximum Gasteiger partial charge on any atom is 0.279 e. The molecule has 30 heavy (non-hydrogen) atoms. The molecule has 7 heteroatoms. The topological polar surface area (TPSA) is 58.3 Å². The summed E-state index contributed by atoms with van der Waals surface area (Å²) in [5.41, 5.74) is 0.496. The predicted octanol–water partition coefficient (Wildman–Crippen LogP) is -0.414. The molecule has 0 aromatic heterocycles. The number of halogens is 1. The lowest BCUT2D eigenvalue weighted by Crippen LogP contribution is -3.28. The minimum Gasteiger partial charge on any atom is -0.338 e. The van der Waals surface area contributed by atoms with Gasteiger partial charge in [0.15, 0.2) is 13.1 Å². The van der Waals surface area contributed by atoms with Crippen LogP contribution in [-0.2, 0) is 9.59 Å². The first kappa shape index (κ1) is 21.2. The Morgan fingerprint density at radius 2 is 1.70 bits per heavy atom. The Kier molecular flexibility index (Phi) is 7.00. The third-order valence-electron chi connectivity index (χ3n) is 7.23. The smallest absolute Gasteiger partial charge is 0.279 e. The molecule has 6 nitrogen and oxygen atoms in total. The van der Waals surface area contributed by atoms with E-state index in [2.05, 4.69) is 10.2 Å². The summed E-state index contributed by atoms with van der Waals surface area (Å²) < 4.78 is 13.2. The summed E-state index contributed by atoms with van der Waals surface area (Å²) in [6, 6.07) is 5.98. The molecule has 0 unspecified atom stereocenters. The summed E-state index contributed by atoms with van der Waals surface area (Å²) in [7, 11) is 0. The van der Waals surface area contributed by atoms with Crippen molar-refractivity contribution in [3.63, 3.8) is 0 Å². The maximum atomic E-state index is 13.2. The number of likely N-dealkylation sites (tertiary alicyclic amines) is 1. The summed E-state index contributed by atoms with van der Waals surface area (Å²) in [5, 5.41) is 2.77. The molecule has 1 aliphatic carbocycles. The fraction of sp³-hybridized carbons (Fsp3) is 0.652. The van der Waals surface area contributed by atoms with Crippen molar-refractivity contribution >= 4 is 17.5 Å². The van der Waals surface area contributed by atoms with Gasteiger partial charge in [-0.3, -0.25) is 9.59 Å². The molecule has 2 heterocycles. The van der Waals surface area contributed by atoms with Crippen LogP contribution in [0.5, 0.6) is 0 Å². The molecule has 2 atom stereocenters. The number of piperidine rings is 1. The van der Waals surface area contributed by atoms with E-state index in [0.717, 1.165) is 51.1 Å². The van der Waals surface area contributed by atoms with Gasteiger partial charge in [0.1, 0.15) is 32.0 Å². The van der Waals surface area contributed by atoms with Crippen molar-refractivity contribution in [2.75, 3.05) is 57.7 Å². The molecule has 3 aliphatic rings. The van der Waals surface area contributed by atoms with Gasteiger partial charge in [-0.05, 0) is 42.9 Å². The minimum absolute atomic E-state index is 0.0921. The van der Waals surface area contributed by atoms with Crippen LogP contribution in [0.25, 0.3) is 0 Å². The molecule has 3 N–H and O–H groups in total. The zero-order chi connectivity index (χ0) is 20.9. The number of nitrogens with one attached hydrogen (secondary N) is 3. The monoisotopic (exact) mass is 418 g/mol. The Labute approximate surface area is 178 Å². The number of benzene rings is 1. The van der Waals surface area contributed by atoms with Crippen molar-refractivity contribution < 1.29 is 23.8 Å². The van der Waals surface area contributed by atoms with Crippen LogP contribution in [0.1, 0.15) is 32.1 Å². The first-order valence-corrected chi connectivity index (χ1v) is 11.6. The van der Waals surface area contributed by atoms with Gasteiger partial charge in [-0.25, -0.2) is 4.39 Å². The third-order valence-corrected chi connectivity index (χ3v) is 7.23. The highest BCUT2D eigenvalue weighted by Crippen LogP contribution is 2.35. The zero-order valence-electron chi connectivity index (χ0n) is 17.8. The van der Waals surface area contributed by atoms with Gasteiger partial charge in [-0.1, -0.05) is 25.3 Å². The van der Waals surface area contributed by atoms with Gasteiger partial charge in [0.2, 0.25) is 0 Å². The maximum absolute atomic E-state index is 13.2. The summed E-state index contributed by atoms with van der Waals surface area (Å²) in [6.45, 7) is 6.45. The number of anilines is 1. The van der Waals surface area contributed by atoms with E-state index in [-0.39, 0.29) is 11.7 Å². The number of carbonyl (C=O) groups is 2. The molecule has 0 radical (unpaired) electrons. The largest absolute Gasteiger partial charge is 0.338 e. The van der Waals surface area contributed by atoms with Crippen molar-refractivity contribution in [2.24, 2.45) is 11.8 Å². The van der Waals surface area contributed by atoms with E-state index in [1.165, 1.54) is 54.0 Å². The van der Waals surface area contributed by atoms with Gasteiger partial charge >= 0.3 is 0 Å². The molecule has 1 aromatic carbocycles. The average Bonchev–Trinajstić information content (AvgIpc) is 2.74. The number of carbonyl (C=O) groups excluding carboxylic acids is 2. The van der Waals surface area contributed by atoms with E-state index in [1.807, 2.05) is 0 Å². The number of nitrogens with zero attached hydrogens (tertiary/aromatic N) is 1. The van der Waals surface area contributed by atoms with E-state index < -0.39 is 0 Å². The number of piperazine rings is 1. The molecular weight excluding hydrogens is 383 g/mol. The van der Waals surface area contributed by atoms with Crippen LogP contribution in [0.2, 0.25) is 0 Å². The van der Waals surface area contributed by atoms with Crippen molar-refractivity contribution in [1.29, 1.82) is 0 Å². The van der Waals surface area contributed by atoms with Crippen molar-refractivity contribution in [1.82, 2.24) is 4.90 Å². The molecule has 1 saturated carbocycles. The molecule has 0 spiro atoms. The molecule has 2 saturated heterocycles. The van der Waals surface area contributed by atoms with Crippen molar-refractivity contribution in [3.8, 4) is 0 Å². The molecule has 0 bridgehead atoms. The van der Waals surface area contributed by atoms with Gasteiger partial charge in [0.25, 0.3) is 11.8 Å². The quantitative estimate of drug-likeness (QED) is 0.609. The lowest BCUT2D eigenvalue weighted by molar-refractivity contribution is -1.00. The highest BCUT2D eigenvalue weighted by Gasteiger charge is 2.34. The molecule has 4 rings (SSSR count). The number of fused-ring (bicyclic) bond motifs is 1. The fourth-order valence-corrected chi connectivity index (χ4v) is 5.46. The van der Waals surface area contributed by atoms with E-state index in [0.29, 0.717) is 24.7 Å². The second-order valence-corrected chi connectivity index (χ2v) is 9.35. The van der Waals surface area contributed by atoms with Gasteiger partial charge in [-0.2, -0.15) is 0 Å². The summed E-state index contributed by atoms with van der Waals surface area (Å²) in [5.74, 6) is 1.44. The van der Waals surface area contributed by atoms with Crippen LogP contribution >= 0.6 is 0 Å². The van der Waals surface area contributed by atoms with E-state index in [1.54, 1.807) is 12.1 Å². The Morgan fingerprint density at radius 1 is 1.00 bits per heavy atom. The number of rotatable bonds is 5. The Hall–Kier alpha value is -1.99. The van der Waals surface area contributed by atoms with Crippen molar-refractivity contribution in [2.45, 2.75) is 32.1 Å². The van der Waals surface area contributed by atoms with Crippen LogP contribution in [-0.4, -0.2) is 69.1 Å². The van der Waals surface area contributed by atoms with Gasteiger partial charge < -0.3 is 20.0 Å². The number of quaternary nitrogens is 2. The highest BCUT2D eigenvalue weighted by atomic mass is 19.1. The minimum atomic E-state index is -0.352. The van der Waals surface area contributed by atoms with E-state index in [4.69, 9.17) is 0 Å². The Balaban J connectivity index is 1.17. The van der Waals surface area contributed by atoms with Crippen LogP contribution in [0, 0.1) is 17.7 Å². The van der Waals surface area contributed by atoms with Crippen molar-refractivity contribution in [3.05, 3.63) is 30.1 Å². The Bertz CT molecular complexity index is 750. The molecule has 1 aromatic rings. The molecular formula is C23H35FN4O2+2. The number of amides is 2. The molecule has 3 fully saturated rings. The van der Waals surface area contributed by atoms with E-state index >= 15 is 0 Å². The lowest BCUT2D eigenvalue weighted by Gasteiger charge is -2.41. The normalized spacial score (nSPS) is 29.2. The first-order valence-electron chi connectivity index (χ1n) is 11.6. The summed E-state index contributed by atoms with van der Waals surface area (Å²) >= 11 is 0. The van der Waals surface area contributed by atoms with Crippen LogP contribution in [0.4, 0.5) is 10.1 Å². The number of hydrogen-bond donors (Lipinski definition) is 3. The predicted molar refractivity (Wildman–Crippen MR) is 113 cm³/mol. The molecule has 2 aliphatic heterocycles. The standard InChI is InChI=1S/C23H33FN4O2/c24-20-6-3-7-21(14-20)25-22(29)16-26-10-12-27(13-11-26)17-23(30)28-9-8-18-4-1-2-5-19(18)15-28/h3,6-7,14,18-19H,1-2,4-5,8-13,15-17H2,(H,25,29)/p+2/t18-,19+/m1/s1. The molecule has 2 amide bonds. The Morgan fingerprint density at radius 3 is 2.43 bits per heavy atom. The zero-order valence-corrected chi connectivity index (χ0v) is 17.8. The second-order valence-electron chi connectivity index (χ2n) is 9.35. The SMILES string of the molecule is O=C(C[NH+]1CC[NH+](CC(=O)N2CC[C@H]3CCCC[C@H]3C2)CC1)Nc1cccc(F)c1. The second kappa shape index (κ2) is 9.88. The summed E-state index contributed by atoms with van der Waals surface area (Å²) in [4.78, 5) is 29.8.